The van der Waals surface area contributed by atoms with Gasteiger partial charge in [-0.1, -0.05) is 32.0 Å². The van der Waals surface area contributed by atoms with Crippen LogP contribution in [0.2, 0.25) is 0 Å². The van der Waals surface area contributed by atoms with Crippen LogP contribution in [0.5, 0.6) is 5.88 Å². The molecule has 22 heavy (non-hydrogen) atoms. The number of rotatable bonds is 7. The van der Waals surface area contributed by atoms with Crippen LogP contribution < -0.4 is 4.74 Å². The van der Waals surface area contributed by atoms with E-state index in [0.29, 0.717) is 25.0 Å². The Labute approximate surface area is 130 Å². The highest BCUT2D eigenvalue weighted by molar-refractivity contribution is 5.87. The Morgan fingerprint density at radius 2 is 2.00 bits per heavy atom. The van der Waals surface area contributed by atoms with Gasteiger partial charge in [-0.2, -0.15) is 5.10 Å². The highest BCUT2D eigenvalue weighted by Gasteiger charge is 2.17. The highest BCUT2D eigenvalue weighted by Crippen LogP contribution is 2.20. The number of aromatic nitrogens is 2. The predicted octanol–water partition coefficient (Wildman–Crippen LogP) is 3.47. The summed E-state index contributed by atoms with van der Waals surface area (Å²) in [5.74, 6) is 0.665. The molecular weight excluding hydrogens is 280 g/mol. The summed E-state index contributed by atoms with van der Waals surface area (Å²) >= 11 is 0. The van der Waals surface area contributed by atoms with Gasteiger partial charge in [-0.25, -0.2) is 9.48 Å². The molecule has 0 saturated heterocycles. The number of nitrogens with zero attached hydrogens (tertiary/aromatic N) is 2. The second kappa shape index (κ2) is 7.64. The SMILES string of the molecule is CCOC(=O)c1cc(OCCC(C)C)n(-c2ccccc2)n1. The summed E-state index contributed by atoms with van der Waals surface area (Å²) in [5.41, 5.74) is 1.10. The van der Waals surface area contributed by atoms with E-state index in [2.05, 4.69) is 18.9 Å². The van der Waals surface area contributed by atoms with E-state index < -0.39 is 5.97 Å². The van der Waals surface area contributed by atoms with E-state index >= 15 is 0 Å². The molecule has 0 saturated carbocycles. The van der Waals surface area contributed by atoms with Gasteiger partial charge in [0, 0.05) is 6.07 Å². The molecule has 0 aliphatic rings. The van der Waals surface area contributed by atoms with Gasteiger partial charge in [-0.15, -0.1) is 0 Å². The molecule has 5 nitrogen and oxygen atoms in total. The van der Waals surface area contributed by atoms with E-state index in [9.17, 15) is 4.79 Å². The van der Waals surface area contributed by atoms with Gasteiger partial charge in [-0.05, 0) is 31.4 Å². The first-order chi connectivity index (χ1) is 10.6. The van der Waals surface area contributed by atoms with Crippen molar-refractivity contribution in [2.45, 2.75) is 27.2 Å². The lowest BCUT2D eigenvalue weighted by Crippen LogP contribution is -2.07. The van der Waals surface area contributed by atoms with Crippen molar-refractivity contribution in [1.82, 2.24) is 9.78 Å². The van der Waals surface area contributed by atoms with Gasteiger partial charge in [0.15, 0.2) is 5.69 Å². The van der Waals surface area contributed by atoms with Crippen molar-refractivity contribution in [2.75, 3.05) is 13.2 Å². The van der Waals surface area contributed by atoms with E-state index in [-0.39, 0.29) is 5.69 Å². The Balaban J connectivity index is 2.26. The zero-order valence-electron chi connectivity index (χ0n) is 13.3. The van der Waals surface area contributed by atoms with Gasteiger partial charge in [-0.3, -0.25) is 0 Å². The third-order valence-corrected chi connectivity index (χ3v) is 3.11. The number of carbonyl (C=O) groups is 1. The summed E-state index contributed by atoms with van der Waals surface area (Å²) in [6, 6.07) is 11.2. The highest BCUT2D eigenvalue weighted by atomic mass is 16.5. The van der Waals surface area contributed by atoms with Gasteiger partial charge in [0.25, 0.3) is 0 Å². The van der Waals surface area contributed by atoms with Crippen LogP contribution in [-0.2, 0) is 4.74 Å². The molecule has 0 amide bonds. The summed E-state index contributed by atoms with van der Waals surface area (Å²) < 4.78 is 12.4. The molecule has 2 rings (SSSR count). The normalized spacial score (nSPS) is 10.7. The number of carbonyl (C=O) groups excluding carboxylic acids is 1. The number of hydrogen-bond donors (Lipinski definition) is 0. The van der Waals surface area contributed by atoms with Crippen LogP contribution in [0, 0.1) is 5.92 Å². The summed E-state index contributed by atoms with van der Waals surface area (Å²) in [6.45, 7) is 6.95. The molecule has 1 aromatic heterocycles. The van der Waals surface area contributed by atoms with Crippen LogP contribution in [0.25, 0.3) is 5.69 Å². The summed E-state index contributed by atoms with van der Waals surface area (Å²) in [7, 11) is 0. The smallest absolute Gasteiger partial charge is 0.358 e. The van der Waals surface area contributed by atoms with Gasteiger partial charge in [0.2, 0.25) is 5.88 Å². The second-order valence-corrected chi connectivity index (χ2v) is 5.37. The molecular formula is C17H22N2O3. The van der Waals surface area contributed by atoms with Gasteiger partial charge in [0.05, 0.1) is 18.9 Å². The topological polar surface area (TPSA) is 53.4 Å². The largest absolute Gasteiger partial charge is 0.478 e. The number of para-hydroxylation sites is 1. The van der Waals surface area contributed by atoms with Crippen LogP contribution in [0.3, 0.4) is 0 Å². The second-order valence-electron chi connectivity index (χ2n) is 5.37. The van der Waals surface area contributed by atoms with Gasteiger partial charge >= 0.3 is 5.97 Å². The average molecular weight is 302 g/mol. The Bertz CT molecular complexity index is 606. The van der Waals surface area contributed by atoms with Gasteiger partial charge in [0.1, 0.15) is 0 Å². The standard InChI is InChI=1S/C17H22N2O3/c1-4-21-17(20)15-12-16(22-11-10-13(2)3)19(18-15)14-8-6-5-7-9-14/h5-9,12-13H,4,10-11H2,1-3H3. The molecule has 0 radical (unpaired) electrons. The molecule has 0 unspecified atom stereocenters. The van der Waals surface area contributed by atoms with Crippen molar-refractivity contribution in [1.29, 1.82) is 0 Å². The maximum atomic E-state index is 11.9. The van der Waals surface area contributed by atoms with Crippen LogP contribution in [0.4, 0.5) is 0 Å². The third-order valence-electron chi connectivity index (χ3n) is 3.11. The molecule has 118 valence electrons. The fourth-order valence-electron chi connectivity index (χ4n) is 1.92. The lowest BCUT2D eigenvalue weighted by Gasteiger charge is -2.10. The summed E-state index contributed by atoms with van der Waals surface area (Å²) in [6.07, 6.45) is 0.939. The molecule has 0 fully saturated rings. The molecule has 1 aromatic carbocycles. The first-order valence-electron chi connectivity index (χ1n) is 7.57. The molecule has 0 spiro atoms. The number of hydrogen-bond acceptors (Lipinski definition) is 4. The van der Waals surface area contributed by atoms with E-state index in [1.54, 1.807) is 17.7 Å². The molecule has 5 heteroatoms. The summed E-state index contributed by atoms with van der Waals surface area (Å²) in [4.78, 5) is 11.9. The monoisotopic (exact) mass is 302 g/mol. The predicted molar refractivity (Wildman–Crippen MR) is 84.5 cm³/mol. The first kappa shape index (κ1) is 16.1. The maximum Gasteiger partial charge on any atom is 0.358 e. The minimum Gasteiger partial charge on any atom is -0.478 e. The molecule has 0 N–H and O–H groups in total. The van der Waals surface area contributed by atoms with E-state index in [4.69, 9.17) is 9.47 Å². The zero-order chi connectivity index (χ0) is 15.9. The van der Waals surface area contributed by atoms with Gasteiger partial charge < -0.3 is 9.47 Å². The Hall–Kier alpha value is -2.30. The Morgan fingerprint density at radius 3 is 2.64 bits per heavy atom. The minimum atomic E-state index is -0.439. The quantitative estimate of drug-likeness (QED) is 0.735. The lowest BCUT2D eigenvalue weighted by atomic mass is 10.1. The minimum absolute atomic E-state index is 0.255. The summed E-state index contributed by atoms with van der Waals surface area (Å²) in [5, 5.41) is 4.31. The number of esters is 1. The average Bonchev–Trinajstić information content (AvgIpc) is 2.92. The molecule has 0 aliphatic heterocycles. The molecule has 0 aliphatic carbocycles. The van der Waals surface area contributed by atoms with Crippen molar-refractivity contribution in [3.8, 4) is 11.6 Å². The zero-order valence-corrected chi connectivity index (χ0v) is 13.3. The fraction of sp³-hybridized carbons (Fsp3) is 0.412. The Kier molecular flexibility index (Phi) is 5.58. The van der Waals surface area contributed by atoms with Crippen LogP contribution in [0.1, 0.15) is 37.7 Å². The first-order valence-corrected chi connectivity index (χ1v) is 7.57. The number of benzene rings is 1. The third kappa shape index (κ3) is 4.10. The Morgan fingerprint density at radius 1 is 1.27 bits per heavy atom. The van der Waals surface area contributed by atoms with Crippen molar-refractivity contribution < 1.29 is 14.3 Å². The van der Waals surface area contributed by atoms with E-state index in [0.717, 1.165) is 12.1 Å². The van der Waals surface area contributed by atoms with E-state index in [1.165, 1.54) is 0 Å². The molecule has 2 aromatic rings. The number of ether oxygens (including phenoxy) is 2. The van der Waals surface area contributed by atoms with Crippen molar-refractivity contribution in [2.24, 2.45) is 5.92 Å². The van der Waals surface area contributed by atoms with Crippen LogP contribution >= 0.6 is 0 Å². The van der Waals surface area contributed by atoms with Crippen molar-refractivity contribution in [3.63, 3.8) is 0 Å². The fourth-order valence-corrected chi connectivity index (χ4v) is 1.92. The van der Waals surface area contributed by atoms with Crippen molar-refractivity contribution in [3.05, 3.63) is 42.1 Å². The lowest BCUT2D eigenvalue weighted by molar-refractivity contribution is 0.0519. The van der Waals surface area contributed by atoms with E-state index in [1.807, 2.05) is 30.3 Å². The molecule has 0 bridgehead atoms. The van der Waals surface area contributed by atoms with Crippen LogP contribution in [0.15, 0.2) is 36.4 Å². The molecule has 0 atom stereocenters. The maximum absolute atomic E-state index is 11.9. The van der Waals surface area contributed by atoms with Crippen LogP contribution in [-0.4, -0.2) is 29.0 Å². The molecule has 1 heterocycles. The van der Waals surface area contributed by atoms with Crippen molar-refractivity contribution >= 4 is 5.97 Å².